The Hall–Kier alpha value is -2.36. The summed E-state index contributed by atoms with van der Waals surface area (Å²) in [4.78, 5) is 5.95. The number of anilines is 1. The topological polar surface area (TPSA) is 69.2 Å². The van der Waals surface area contributed by atoms with E-state index in [2.05, 4.69) is 9.72 Å². The standard InChI is InChI=1S/C22H27F4N5O/c1-10(2)31-18(6-17(29-31)11-3-19(32-22(25)26)21(27)28-7-11)20-13-4-12(5-14(13)20)30-8-15(23)16(24)9-30/h3,6-7,10,12-16,20,22H,4-5,8-9H2,1-2H3,(H2,27,28)/t12-,13-,14+,15-,16+,20+. The number of pyridine rings is 1. The second kappa shape index (κ2) is 7.90. The Morgan fingerprint density at radius 3 is 2.34 bits per heavy atom. The van der Waals surface area contributed by atoms with Crippen molar-refractivity contribution < 1.29 is 22.3 Å². The first-order chi connectivity index (χ1) is 15.2. The second-order valence-electron chi connectivity index (χ2n) is 9.44. The maximum Gasteiger partial charge on any atom is 0.387 e. The molecule has 6 nitrogen and oxygen atoms in total. The van der Waals surface area contributed by atoms with E-state index in [9.17, 15) is 17.6 Å². The number of hydrogen-bond donors (Lipinski definition) is 1. The summed E-state index contributed by atoms with van der Waals surface area (Å²) in [5.41, 5.74) is 7.94. The molecule has 2 aliphatic carbocycles. The Morgan fingerprint density at radius 1 is 1.09 bits per heavy atom. The van der Waals surface area contributed by atoms with Crippen molar-refractivity contribution in [1.29, 1.82) is 0 Å². The number of likely N-dealkylation sites (tertiary alicyclic amines) is 1. The van der Waals surface area contributed by atoms with Gasteiger partial charge in [-0.15, -0.1) is 0 Å². The first-order valence-electron chi connectivity index (χ1n) is 11.0. The Bertz CT molecular complexity index is 977. The predicted molar refractivity (Wildman–Crippen MR) is 111 cm³/mol. The molecule has 5 rings (SSSR count). The lowest BCUT2D eigenvalue weighted by molar-refractivity contribution is -0.0494. The van der Waals surface area contributed by atoms with Crippen LogP contribution in [0.1, 0.15) is 44.3 Å². The molecule has 6 atom stereocenters. The first kappa shape index (κ1) is 21.5. The molecule has 0 amide bonds. The molecule has 0 bridgehead atoms. The van der Waals surface area contributed by atoms with E-state index < -0.39 is 19.0 Å². The van der Waals surface area contributed by atoms with Gasteiger partial charge in [-0.3, -0.25) is 9.58 Å². The lowest BCUT2D eigenvalue weighted by Gasteiger charge is -2.25. The zero-order valence-corrected chi connectivity index (χ0v) is 18.0. The Morgan fingerprint density at radius 2 is 1.75 bits per heavy atom. The average molecular weight is 453 g/mol. The van der Waals surface area contributed by atoms with Gasteiger partial charge in [-0.2, -0.15) is 13.9 Å². The fourth-order valence-corrected chi connectivity index (χ4v) is 5.60. The molecule has 3 aliphatic rings. The molecule has 2 aromatic rings. The lowest BCUT2D eigenvalue weighted by Crippen LogP contribution is -2.33. The first-order valence-corrected chi connectivity index (χ1v) is 11.0. The number of aromatic nitrogens is 3. The van der Waals surface area contributed by atoms with Crippen molar-refractivity contribution in [2.45, 2.75) is 63.6 Å². The monoisotopic (exact) mass is 453 g/mol. The largest absolute Gasteiger partial charge is 0.431 e. The second-order valence-corrected chi connectivity index (χ2v) is 9.44. The summed E-state index contributed by atoms with van der Waals surface area (Å²) in [7, 11) is 0. The van der Waals surface area contributed by atoms with Crippen LogP contribution >= 0.6 is 0 Å². The van der Waals surface area contributed by atoms with Crippen LogP contribution in [0.5, 0.6) is 5.75 Å². The molecule has 1 aliphatic heterocycles. The van der Waals surface area contributed by atoms with Crippen molar-refractivity contribution in [3.8, 4) is 17.0 Å². The number of nitrogens with two attached hydrogens (primary N) is 1. The summed E-state index contributed by atoms with van der Waals surface area (Å²) in [5, 5.41) is 4.72. The minimum Gasteiger partial charge on any atom is -0.431 e. The molecule has 0 unspecified atom stereocenters. The molecule has 2 saturated carbocycles. The Balaban J connectivity index is 1.35. The van der Waals surface area contributed by atoms with E-state index in [0.717, 1.165) is 18.5 Å². The fourth-order valence-electron chi connectivity index (χ4n) is 5.60. The van der Waals surface area contributed by atoms with Crippen LogP contribution < -0.4 is 10.5 Å². The maximum atomic E-state index is 13.6. The van der Waals surface area contributed by atoms with E-state index in [1.807, 2.05) is 29.5 Å². The van der Waals surface area contributed by atoms with E-state index in [1.54, 1.807) is 0 Å². The van der Waals surface area contributed by atoms with Gasteiger partial charge < -0.3 is 10.5 Å². The van der Waals surface area contributed by atoms with Crippen LogP contribution in [0.25, 0.3) is 11.3 Å². The van der Waals surface area contributed by atoms with Gasteiger partial charge in [0.05, 0.1) is 5.69 Å². The lowest BCUT2D eigenvalue weighted by atomic mass is 10.0. The zero-order chi connectivity index (χ0) is 22.7. The molecule has 1 saturated heterocycles. The van der Waals surface area contributed by atoms with Crippen LogP contribution in [0.2, 0.25) is 0 Å². The summed E-state index contributed by atoms with van der Waals surface area (Å²) in [5.74, 6) is 1.01. The molecule has 2 aromatic heterocycles. The van der Waals surface area contributed by atoms with E-state index in [-0.39, 0.29) is 36.7 Å². The van der Waals surface area contributed by atoms with Gasteiger partial charge in [-0.25, -0.2) is 13.8 Å². The van der Waals surface area contributed by atoms with Gasteiger partial charge in [0, 0.05) is 48.5 Å². The molecule has 0 aromatic carbocycles. The van der Waals surface area contributed by atoms with Gasteiger partial charge in [0.1, 0.15) is 12.3 Å². The highest BCUT2D eigenvalue weighted by Crippen LogP contribution is 2.64. The molecule has 2 N–H and O–H groups in total. The van der Waals surface area contributed by atoms with E-state index in [0.29, 0.717) is 29.0 Å². The summed E-state index contributed by atoms with van der Waals surface area (Å²) >= 11 is 0. The summed E-state index contributed by atoms with van der Waals surface area (Å²) in [6.45, 7) is 1.48. The Labute approximate surface area is 183 Å². The molecule has 10 heteroatoms. The highest BCUT2D eigenvalue weighted by Gasteiger charge is 2.59. The average Bonchev–Trinajstić information content (AvgIpc) is 3.13. The van der Waals surface area contributed by atoms with Crippen molar-refractivity contribution in [3.63, 3.8) is 0 Å². The number of ether oxygens (including phenoxy) is 1. The maximum absolute atomic E-state index is 13.6. The number of halogens is 4. The number of nitrogens with zero attached hydrogens (tertiary/aromatic N) is 4. The molecular formula is C22H27F4N5O. The number of hydrogen-bond acceptors (Lipinski definition) is 5. The van der Waals surface area contributed by atoms with Crippen molar-refractivity contribution in [2.24, 2.45) is 11.8 Å². The summed E-state index contributed by atoms with van der Waals surface area (Å²) in [6.07, 6.45) is 0.620. The minimum atomic E-state index is -2.99. The van der Waals surface area contributed by atoms with Crippen LogP contribution in [-0.4, -0.2) is 57.8 Å². The van der Waals surface area contributed by atoms with Gasteiger partial charge in [-0.1, -0.05) is 0 Å². The van der Waals surface area contributed by atoms with Crippen molar-refractivity contribution >= 4 is 5.82 Å². The van der Waals surface area contributed by atoms with Gasteiger partial charge >= 0.3 is 6.61 Å². The third kappa shape index (κ3) is 3.72. The molecular weight excluding hydrogens is 426 g/mol. The van der Waals surface area contributed by atoms with E-state index in [1.165, 1.54) is 12.3 Å². The quantitative estimate of drug-likeness (QED) is 0.665. The molecule has 3 heterocycles. The predicted octanol–water partition coefficient (Wildman–Crippen LogP) is 4.19. The van der Waals surface area contributed by atoms with Gasteiger partial charge in [0.15, 0.2) is 11.6 Å². The van der Waals surface area contributed by atoms with E-state index >= 15 is 0 Å². The smallest absolute Gasteiger partial charge is 0.387 e. The SMILES string of the molecule is CC(C)n1nc(-c2cnc(N)c(OC(F)F)c2)cc1[C@H]1[C@@H]2C[C@@H](N3C[C@@H](F)[C@@H](F)C3)C[C@@H]21. The third-order valence-electron chi connectivity index (χ3n) is 7.14. The minimum absolute atomic E-state index is 0.103. The molecule has 0 radical (unpaired) electrons. The molecule has 32 heavy (non-hydrogen) atoms. The van der Waals surface area contributed by atoms with Crippen molar-refractivity contribution in [3.05, 3.63) is 24.0 Å². The van der Waals surface area contributed by atoms with Gasteiger partial charge in [-0.05, 0) is 50.7 Å². The van der Waals surface area contributed by atoms with Crippen molar-refractivity contribution in [2.75, 3.05) is 18.8 Å². The number of rotatable bonds is 6. The Kier molecular flexibility index (Phi) is 5.30. The summed E-state index contributed by atoms with van der Waals surface area (Å²) < 4.78 is 59.0. The van der Waals surface area contributed by atoms with Crippen LogP contribution in [0.3, 0.4) is 0 Å². The molecule has 0 spiro atoms. The van der Waals surface area contributed by atoms with Gasteiger partial charge in [0.2, 0.25) is 0 Å². The van der Waals surface area contributed by atoms with Crippen LogP contribution in [0.4, 0.5) is 23.4 Å². The van der Waals surface area contributed by atoms with E-state index in [4.69, 9.17) is 10.8 Å². The molecule has 3 fully saturated rings. The number of alkyl halides is 4. The number of nitrogen functional groups attached to an aromatic ring is 1. The zero-order valence-electron chi connectivity index (χ0n) is 18.0. The normalized spacial score (nSPS) is 32.1. The van der Waals surface area contributed by atoms with Crippen LogP contribution in [-0.2, 0) is 0 Å². The van der Waals surface area contributed by atoms with Gasteiger partial charge in [0.25, 0.3) is 0 Å². The number of fused-ring (bicyclic) bond motifs is 1. The van der Waals surface area contributed by atoms with Crippen LogP contribution in [0, 0.1) is 11.8 Å². The van der Waals surface area contributed by atoms with Crippen molar-refractivity contribution in [1.82, 2.24) is 19.7 Å². The highest BCUT2D eigenvalue weighted by atomic mass is 19.3. The van der Waals surface area contributed by atoms with Crippen LogP contribution in [0.15, 0.2) is 18.3 Å². The molecule has 174 valence electrons. The fraction of sp³-hybridized carbons (Fsp3) is 0.636. The highest BCUT2D eigenvalue weighted by molar-refractivity contribution is 5.64. The third-order valence-corrected chi connectivity index (χ3v) is 7.14. The summed E-state index contributed by atoms with van der Waals surface area (Å²) in [6, 6.07) is 3.78.